The molecule has 0 saturated carbocycles. The van der Waals surface area contributed by atoms with Crippen LogP contribution in [0.3, 0.4) is 0 Å². The quantitative estimate of drug-likeness (QED) is 0.865. The van der Waals surface area contributed by atoms with Gasteiger partial charge in [-0.15, -0.1) is 0 Å². The molecule has 1 aromatic rings. The van der Waals surface area contributed by atoms with E-state index in [0.29, 0.717) is 25.2 Å². The van der Waals surface area contributed by atoms with E-state index >= 15 is 0 Å². The van der Waals surface area contributed by atoms with Crippen LogP contribution in [0.15, 0.2) is 6.20 Å². The summed E-state index contributed by atoms with van der Waals surface area (Å²) in [5.74, 6) is 1.07. The number of aromatic nitrogens is 2. The molecular weight excluding hydrogens is 252 g/mol. The average Bonchev–Trinajstić information content (AvgIpc) is 2.91. The van der Waals surface area contributed by atoms with Gasteiger partial charge in [-0.05, 0) is 32.6 Å². The van der Waals surface area contributed by atoms with Gasteiger partial charge in [0.05, 0.1) is 18.3 Å². The highest BCUT2D eigenvalue weighted by Gasteiger charge is 2.26. The maximum atomic E-state index is 5.95. The lowest BCUT2D eigenvalue weighted by Gasteiger charge is -2.36. The van der Waals surface area contributed by atoms with E-state index in [2.05, 4.69) is 29.5 Å². The van der Waals surface area contributed by atoms with Gasteiger partial charge in [-0.1, -0.05) is 6.92 Å². The fourth-order valence-electron chi connectivity index (χ4n) is 2.97. The molecule has 2 unspecified atom stereocenters. The van der Waals surface area contributed by atoms with Crippen LogP contribution < -0.4 is 10.6 Å². The Kier molecular flexibility index (Phi) is 5.43. The van der Waals surface area contributed by atoms with Crippen molar-refractivity contribution in [2.45, 2.75) is 51.6 Å². The van der Waals surface area contributed by atoms with Gasteiger partial charge in [-0.25, -0.2) is 4.98 Å². The summed E-state index contributed by atoms with van der Waals surface area (Å²) in [7, 11) is 1.75. The molecule has 0 aliphatic carbocycles. The van der Waals surface area contributed by atoms with Crippen LogP contribution in [0.2, 0.25) is 0 Å². The third-order valence-electron chi connectivity index (χ3n) is 4.16. The maximum Gasteiger partial charge on any atom is 0.206 e. The standard InChI is InChI=1S/C15H28N4O/c1-4-13-10-19(12(2)11-20-3)15(17-13)18-8-6-5-7-14(18)9-16/h10,12,14H,4-9,11,16H2,1-3H3. The van der Waals surface area contributed by atoms with Crippen molar-refractivity contribution in [2.24, 2.45) is 5.73 Å². The highest BCUT2D eigenvalue weighted by atomic mass is 16.5. The predicted molar refractivity (Wildman–Crippen MR) is 82.2 cm³/mol. The Bertz CT molecular complexity index is 418. The first-order valence-corrected chi connectivity index (χ1v) is 7.74. The van der Waals surface area contributed by atoms with Crippen molar-refractivity contribution in [3.8, 4) is 0 Å². The summed E-state index contributed by atoms with van der Waals surface area (Å²) in [5.41, 5.74) is 7.09. The highest BCUT2D eigenvalue weighted by Crippen LogP contribution is 2.27. The minimum Gasteiger partial charge on any atom is -0.383 e. The average molecular weight is 280 g/mol. The Hall–Kier alpha value is -1.07. The van der Waals surface area contributed by atoms with Gasteiger partial charge in [0.15, 0.2) is 0 Å². The summed E-state index contributed by atoms with van der Waals surface area (Å²) in [4.78, 5) is 7.23. The Labute approximate surface area is 122 Å². The SMILES string of the molecule is CCc1cn(C(C)COC)c(N2CCCCC2CN)n1. The Morgan fingerprint density at radius 3 is 2.95 bits per heavy atom. The maximum absolute atomic E-state index is 5.95. The number of rotatable bonds is 6. The van der Waals surface area contributed by atoms with Crippen LogP contribution in [0.5, 0.6) is 0 Å². The second-order valence-electron chi connectivity index (χ2n) is 5.68. The number of piperidine rings is 1. The zero-order chi connectivity index (χ0) is 14.5. The number of hydrogen-bond donors (Lipinski definition) is 1. The van der Waals surface area contributed by atoms with Crippen LogP contribution >= 0.6 is 0 Å². The number of methoxy groups -OCH3 is 1. The molecule has 5 heteroatoms. The van der Waals surface area contributed by atoms with Crippen molar-refractivity contribution < 1.29 is 4.74 Å². The summed E-state index contributed by atoms with van der Waals surface area (Å²) < 4.78 is 7.56. The highest BCUT2D eigenvalue weighted by molar-refractivity contribution is 5.37. The minimum atomic E-state index is 0.295. The van der Waals surface area contributed by atoms with Gasteiger partial charge in [-0.3, -0.25) is 0 Å². The van der Waals surface area contributed by atoms with Gasteiger partial charge < -0.3 is 19.9 Å². The van der Waals surface area contributed by atoms with Gasteiger partial charge in [0.2, 0.25) is 5.95 Å². The van der Waals surface area contributed by atoms with Gasteiger partial charge in [-0.2, -0.15) is 0 Å². The molecule has 2 atom stereocenters. The number of imidazole rings is 1. The largest absolute Gasteiger partial charge is 0.383 e. The van der Waals surface area contributed by atoms with Crippen molar-refractivity contribution in [2.75, 3.05) is 31.7 Å². The third-order valence-corrected chi connectivity index (χ3v) is 4.16. The van der Waals surface area contributed by atoms with Gasteiger partial charge in [0, 0.05) is 32.4 Å². The lowest BCUT2D eigenvalue weighted by Crippen LogP contribution is -2.45. The first-order valence-electron chi connectivity index (χ1n) is 7.74. The van der Waals surface area contributed by atoms with Crippen LogP contribution in [0.1, 0.15) is 44.8 Å². The molecule has 20 heavy (non-hydrogen) atoms. The summed E-state index contributed by atoms with van der Waals surface area (Å²) in [6.07, 6.45) is 6.79. The van der Waals surface area contributed by atoms with Crippen molar-refractivity contribution in [3.05, 3.63) is 11.9 Å². The lowest BCUT2D eigenvalue weighted by atomic mass is 10.0. The molecule has 0 bridgehead atoms. The van der Waals surface area contributed by atoms with Crippen LogP contribution in [-0.2, 0) is 11.2 Å². The summed E-state index contributed by atoms with van der Waals surface area (Å²) in [6, 6.07) is 0.715. The molecule has 2 rings (SSSR count). The predicted octanol–water partition coefficient (Wildman–Crippen LogP) is 1.97. The van der Waals surface area contributed by atoms with E-state index in [0.717, 1.165) is 24.6 Å². The first kappa shape index (κ1) is 15.3. The number of nitrogens with two attached hydrogens (primary N) is 1. The molecule has 1 aromatic heterocycles. The van der Waals surface area contributed by atoms with E-state index in [-0.39, 0.29) is 0 Å². The monoisotopic (exact) mass is 280 g/mol. The number of anilines is 1. The molecule has 1 aliphatic heterocycles. The smallest absolute Gasteiger partial charge is 0.206 e. The number of hydrogen-bond acceptors (Lipinski definition) is 4. The molecule has 0 amide bonds. The molecule has 5 nitrogen and oxygen atoms in total. The molecule has 1 saturated heterocycles. The first-order chi connectivity index (χ1) is 9.71. The van der Waals surface area contributed by atoms with Crippen LogP contribution in [-0.4, -0.2) is 42.4 Å². The van der Waals surface area contributed by atoms with E-state index in [9.17, 15) is 0 Å². The topological polar surface area (TPSA) is 56.3 Å². The number of aryl methyl sites for hydroxylation is 1. The van der Waals surface area contributed by atoms with Crippen molar-refractivity contribution in [1.29, 1.82) is 0 Å². The minimum absolute atomic E-state index is 0.295. The van der Waals surface area contributed by atoms with E-state index in [1.54, 1.807) is 7.11 Å². The number of nitrogens with zero attached hydrogens (tertiary/aromatic N) is 3. The molecule has 0 radical (unpaired) electrons. The molecular formula is C15H28N4O. The molecule has 1 aliphatic rings. The van der Waals surface area contributed by atoms with E-state index in [1.807, 2.05) is 0 Å². The summed E-state index contributed by atoms with van der Waals surface area (Å²) >= 11 is 0. The van der Waals surface area contributed by atoms with E-state index < -0.39 is 0 Å². The van der Waals surface area contributed by atoms with Crippen molar-refractivity contribution >= 4 is 5.95 Å². The molecule has 2 heterocycles. The van der Waals surface area contributed by atoms with Gasteiger partial charge in [0.1, 0.15) is 0 Å². The van der Waals surface area contributed by atoms with Crippen molar-refractivity contribution in [3.63, 3.8) is 0 Å². The van der Waals surface area contributed by atoms with Crippen molar-refractivity contribution in [1.82, 2.24) is 9.55 Å². The van der Waals surface area contributed by atoms with E-state index in [4.69, 9.17) is 15.5 Å². The van der Waals surface area contributed by atoms with E-state index in [1.165, 1.54) is 19.3 Å². The van der Waals surface area contributed by atoms with Gasteiger partial charge >= 0.3 is 0 Å². The Morgan fingerprint density at radius 1 is 1.50 bits per heavy atom. The zero-order valence-electron chi connectivity index (χ0n) is 13.0. The van der Waals surface area contributed by atoms with Crippen LogP contribution in [0.25, 0.3) is 0 Å². The summed E-state index contributed by atoms with van der Waals surface area (Å²) in [5, 5.41) is 0. The molecule has 0 aromatic carbocycles. The lowest BCUT2D eigenvalue weighted by molar-refractivity contribution is 0.162. The van der Waals surface area contributed by atoms with Crippen LogP contribution in [0, 0.1) is 0 Å². The molecule has 2 N–H and O–H groups in total. The molecule has 114 valence electrons. The Morgan fingerprint density at radius 2 is 2.30 bits per heavy atom. The molecule has 0 spiro atoms. The zero-order valence-corrected chi connectivity index (χ0v) is 13.0. The van der Waals surface area contributed by atoms with Crippen LogP contribution in [0.4, 0.5) is 5.95 Å². The fraction of sp³-hybridized carbons (Fsp3) is 0.800. The third kappa shape index (κ3) is 3.15. The van der Waals surface area contributed by atoms with Gasteiger partial charge in [0.25, 0.3) is 0 Å². The second kappa shape index (κ2) is 7.09. The fourth-order valence-corrected chi connectivity index (χ4v) is 2.97. The second-order valence-corrected chi connectivity index (χ2v) is 5.68. The normalized spacial score (nSPS) is 21.2. The summed E-state index contributed by atoms with van der Waals surface area (Å²) in [6.45, 7) is 6.78. The Balaban J connectivity index is 2.30. The molecule has 1 fully saturated rings. The number of ether oxygens (including phenoxy) is 1.